The Kier molecular flexibility index (Phi) is 2.78. The molecule has 0 radical (unpaired) electrons. The zero-order valence-electron chi connectivity index (χ0n) is 6.61. The smallest absolute Gasteiger partial charge is 0.202 e. The van der Waals surface area contributed by atoms with Crippen LogP contribution in [0.15, 0.2) is 6.33 Å². The lowest BCUT2D eigenvalue weighted by Gasteiger charge is -2.15. The Labute approximate surface area is 70.0 Å². The number of aromatic nitrogens is 2. The van der Waals surface area contributed by atoms with Crippen LogP contribution >= 0.6 is 11.5 Å². The van der Waals surface area contributed by atoms with Crippen LogP contribution in [0.4, 0.5) is 5.13 Å². The molecule has 0 bridgehead atoms. The van der Waals surface area contributed by atoms with Gasteiger partial charge in [-0.3, -0.25) is 0 Å². The molecule has 0 aliphatic heterocycles. The molecule has 0 saturated heterocycles. The highest BCUT2D eigenvalue weighted by Crippen LogP contribution is 2.08. The van der Waals surface area contributed by atoms with Crippen molar-refractivity contribution in [2.75, 3.05) is 5.32 Å². The molecule has 1 aromatic rings. The van der Waals surface area contributed by atoms with E-state index in [1.807, 2.05) is 13.8 Å². The van der Waals surface area contributed by atoms with Crippen molar-refractivity contribution in [2.24, 2.45) is 5.73 Å². The summed E-state index contributed by atoms with van der Waals surface area (Å²) >= 11 is 1.34. The first-order valence-corrected chi connectivity index (χ1v) is 4.26. The molecule has 1 heterocycles. The molecule has 11 heavy (non-hydrogen) atoms. The highest BCUT2D eigenvalue weighted by molar-refractivity contribution is 7.09. The van der Waals surface area contributed by atoms with E-state index in [0.29, 0.717) is 0 Å². The minimum Gasteiger partial charge on any atom is -0.356 e. The van der Waals surface area contributed by atoms with E-state index in [4.69, 9.17) is 5.73 Å². The second kappa shape index (κ2) is 3.64. The summed E-state index contributed by atoms with van der Waals surface area (Å²) in [6, 6.07) is 0.363. The summed E-state index contributed by atoms with van der Waals surface area (Å²) < 4.78 is 3.86. The third-order valence-electron chi connectivity index (χ3n) is 1.50. The van der Waals surface area contributed by atoms with E-state index in [1.165, 1.54) is 17.9 Å². The Hall–Kier alpha value is -0.680. The number of hydrogen-bond acceptors (Lipinski definition) is 5. The van der Waals surface area contributed by atoms with Crippen LogP contribution in [0, 0.1) is 0 Å². The Morgan fingerprint density at radius 3 is 2.82 bits per heavy atom. The summed E-state index contributed by atoms with van der Waals surface area (Å²) in [5, 5.41) is 3.97. The number of rotatable bonds is 3. The first-order valence-electron chi connectivity index (χ1n) is 3.49. The van der Waals surface area contributed by atoms with Crippen LogP contribution in [0.2, 0.25) is 0 Å². The standard InChI is InChI=1S/C6H12N4S/c1-4(7)5(2)10-6-8-3-9-11-6/h3-5H,7H2,1-2H3,(H,8,9,10). The lowest BCUT2D eigenvalue weighted by molar-refractivity contribution is 0.638. The van der Waals surface area contributed by atoms with E-state index >= 15 is 0 Å². The van der Waals surface area contributed by atoms with Crippen molar-refractivity contribution in [3.8, 4) is 0 Å². The minimum atomic E-state index is 0.124. The molecule has 0 saturated carbocycles. The average molecular weight is 172 g/mol. The molecule has 5 heteroatoms. The summed E-state index contributed by atoms with van der Waals surface area (Å²) in [4.78, 5) is 3.98. The quantitative estimate of drug-likeness (QED) is 0.704. The molecular formula is C6H12N4S. The largest absolute Gasteiger partial charge is 0.356 e. The summed E-state index contributed by atoms with van der Waals surface area (Å²) in [6.07, 6.45) is 1.53. The Morgan fingerprint density at radius 2 is 2.36 bits per heavy atom. The van der Waals surface area contributed by atoms with Crippen LogP contribution in [0.25, 0.3) is 0 Å². The number of anilines is 1. The van der Waals surface area contributed by atoms with Gasteiger partial charge in [-0.1, -0.05) is 0 Å². The van der Waals surface area contributed by atoms with Crippen LogP contribution < -0.4 is 11.1 Å². The van der Waals surface area contributed by atoms with Gasteiger partial charge in [0.25, 0.3) is 0 Å². The predicted molar refractivity (Wildman–Crippen MR) is 46.6 cm³/mol. The SMILES string of the molecule is CC(N)C(C)Nc1ncns1. The van der Waals surface area contributed by atoms with E-state index < -0.39 is 0 Å². The van der Waals surface area contributed by atoms with Gasteiger partial charge in [0, 0.05) is 23.6 Å². The van der Waals surface area contributed by atoms with Gasteiger partial charge in [0.1, 0.15) is 6.33 Å². The first kappa shape index (κ1) is 8.42. The van der Waals surface area contributed by atoms with Crippen molar-refractivity contribution in [3.63, 3.8) is 0 Å². The van der Waals surface area contributed by atoms with Crippen molar-refractivity contribution >= 4 is 16.7 Å². The number of nitrogens with one attached hydrogen (secondary N) is 1. The van der Waals surface area contributed by atoms with Gasteiger partial charge in [-0.05, 0) is 13.8 Å². The second-order valence-corrected chi connectivity index (χ2v) is 3.32. The van der Waals surface area contributed by atoms with E-state index in [9.17, 15) is 0 Å². The van der Waals surface area contributed by atoms with E-state index in [-0.39, 0.29) is 12.1 Å². The zero-order valence-corrected chi connectivity index (χ0v) is 7.43. The summed E-state index contributed by atoms with van der Waals surface area (Å²) in [5.41, 5.74) is 5.65. The van der Waals surface area contributed by atoms with E-state index in [0.717, 1.165) is 5.13 Å². The molecule has 3 N–H and O–H groups in total. The molecule has 0 amide bonds. The summed E-state index contributed by atoms with van der Waals surface area (Å²) in [5.74, 6) is 0. The third-order valence-corrected chi connectivity index (χ3v) is 2.10. The fourth-order valence-corrected chi connectivity index (χ4v) is 1.09. The average Bonchev–Trinajstić information content (AvgIpc) is 2.39. The lowest BCUT2D eigenvalue weighted by Crippen LogP contribution is -2.35. The third kappa shape index (κ3) is 2.44. The van der Waals surface area contributed by atoms with Gasteiger partial charge in [0.05, 0.1) is 0 Å². The maximum absolute atomic E-state index is 5.65. The fourth-order valence-electron chi connectivity index (χ4n) is 0.563. The fraction of sp³-hybridized carbons (Fsp3) is 0.667. The second-order valence-electron chi connectivity index (χ2n) is 2.54. The molecule has 0 aliphatic rings. The molecule has 0 aromatic carbocycles. The molecule has 1 rings (SSSR count). The molecule has 4 nitrogen and oxygen atoms in total. The van der Waals surface area contributed by atoms with Crippen LogP contribution in [-0.2, 0) is 0 Å². The van der Waals surface area contributed by atoms with Crippen LogP contribution in [0.1, 0.15) is 13.8 Å². The molecular weight excluding hydrogens is 160 g/mol. The summed E-state index contributed by atoms with van der Waals surface area (Å²) in [6.45, 7) is 3.98. The van der Waals surface area contributed by atoms with Gasteiger partial charge >= 0.3 is 0 Å². The zero-order chi connectivity index (χ0) is 8.27. The summed E-state index contributed by atoms with van der Waals surface area (Å²) in [7, 11) is 0. The minimum absolute atomic E-state index is 0.124. The molecule has 2 unspecified atom stereocenters. The lowest BCUT2D eigenvalue weighted by atomic mass is 10.2. The highest BCUT2D eigenvalue weighted by atomic mass is 32.1. The van der Waals surface area contributed by atoms with Crippen molar-refractivity contribution in [2.45, 2.75) is 25.9 Å². The monoisotopic (exact) mass is 172 g/mol. The predicted octanol–water partition coefficient (Wildman–Crippen LogP) is 0.686. The maximum atomic E-state index is 5.65. The van der Waals surface area contributed by atoms with Gasteiger partial charge < -0.3 is 11.1 Å². The van der Waals surface area contributed by atoms with Crippen molar-refractivity contribution in [1.82, 2.24) is 9.36 Å². The van der Waals surface area contributed by atoms with Crippen molar-refractivity contribution in [3.05, 3.63) is 6.33 Å². The van der Waals surface area contributed by atoms with Gasteiger partial charge in [-0.25, -0.2) is 4.98 Å². The van der Waals surface area contributed by atoms with E-state index in [1.54, 1.807) is 0 Å². The molecule has 0 fully saturated rings. The number of nitrogens with two attached hydrogens (primary N) is 1. The highest BCUT2D eigenvalue weighted by Gasteiger charge is 2.07. The molecule has 0 spiro atoms. The van der Waals surface area contributed by atoms with E-state index in [2.05, 4.69) is 14.7 Å². The number of hydrogen-bond donors (Lipinski definition) is 2. The van der Waals surface area contributed by atoms with Crippen LogP contribution in [0.5, 0.6) is 0 Å². The van der Waals surface area contributed by atoms with Crippen molar-refractivity contribution in [1.29, 1.82) is 0 Å². The Bertz CT molecular complexity index is 196. The normalized spacial score (nSPS) is 15.9. The molecule has 1 aromatic heterocycles. The molecule has 2 atom stereocenters. The molecule has 0 aliphatic carbocycles. The van der Waals surface area contributed by atoms with Gasteiger partial charge in [-0.2, -0.15) is 4.37 Å². The Balaban J connectivity index is 2.43. The van der Waals surface area contributed by atoms with Crippen LogP contribution in [-0.4, -0.2) is 21.4 Å². The Morgan fingerprint density at radius 1 is 1.64 bits per heavy atom. The molecule has 62 valence electrons. The number of nitrogens with zero attached hydrogens (tertiary/aromatic N) is 2. The van der Waals surface area contributed by atoms with Gasteiger partial charge in [-0.15, -0.1) is 0 Å². The van der Waals surface area contributed by atoms with Crippen LogP contribution in [0.3, 0.4) is 0 Å². The van der Waals surface area contributed by atoms with Gasteiger partial charge in [0.2, 0.25) is 5.13 Å². The topological polar surface area (TPSA) is 63.8 Å². The maximum Gasteiger partial charge on any atom is 0.202 e. The van der Waals surface area contributed by atoms with Crippen molar-refractivity contribution < 1.29 is 0 Å². The first-order chi connectivity index (χ1) is 5.20. The van der Waals surface area contributed by atoms with Gasteiger partial charge in [0.15, 0.2) is 0 Å².